The molecule has 0 radical (unpaired) electrons. The second-order valence-corrected chi connectivity index (χ2v) is 6.20. The van der Waals surface area contributed by atoms with E-state index in [1.807, 2.05) is 48.7 Å². The summed E-state index contributed by atoms with van der Waals surface area (Å²) in [4.78, 5) is 22.0. The summed E-state index contributed by atoms with van der Waals surface area (Å²) < 4.78 is 0. The van der Waals surface area contributed by atoms with Gasteiger partial charge in [-0.2, -0.15) is 0 Å². The van der Waals surface area contributed by atoms with E-state index in [-0.39, 0.29) is 18.3 Å². The van der Waals surface area contributed by atoms with Crippen molar-refractivity contribution in [3.05, 3.63) is 59.9 Å². The Morgan fingerprint density at radius 3 is 2.77 bits per heavy atom. The SMILES string of the molecule is Cl.O=C(O)C1CCCN(CCON=C(c2ccccc2)c2ccc[nH]2)C1. The van der Waals surface area contributed by atoms with E-state index < -0.39 is 5.97 Å². The average molecular weight is 378 g/mol. The van der Waals surface area contributed by atoms with Gasteiger partial charge >= 0.3 is 5.97 Å². The number of hydrogen-bond acceptors (Lipinski definition) is 4. The Kier molecular flexibility index (Phi) is 7.69. The lowest BCUT2D eigenvalue weighted by molar-refractivity contribution is -0.143. The number of benzene rings is 1. The highest BCUT2D eigenvalue weighted by molar-refractivity contribution is 6.11. The zero-order valence-corrected chi connectivity index (χ0v) is 15.3. The van der Waals surface area contributed by atoms with Crippen LogP contribution in [0, 0.1) is 5.92 Å². The molecular formula is C19H24ClN3O3. The fraction of sp³-hybridized carbons (Fsp3) is 0.368. The fourth-order valence-electron chi connectivity index (χ4n) is 3.07. The van der Waals surface area contributed by atoms with Crippen molar-refractivity contribution in [2.24, 2.45) is 11.1 Å². The molecule has 1 fully saturated rings. The summed E-state index contributed by atoms with van der Waals surface area (Å²) >= 11 is 0. The molecule has 2 aromatic rings. The number of aromatic amines is 1. The number of nitrogens with one attached hydrogen (secondary N) is 1. The van der Waals surface area contributed by atoms with Crippen LogP contribution in [0.4, 0.5) is 0 Å². The van der Waals surface area contributed by atoms with E-state index in [2.05, 4.69) is 15.0 Å². The lowest BCUT2D eigenvalue weighted by Crippen LogP contribution is -2.40. The molecule has 0 bridgehead atoms. The van der Waals surface area contributed by atoms with Crippen molar-refractivity contribution in [1.29, 1.82) is 0 Å². The Labute approximate surface area is 159 Å². The third-order valence-electron chi connectivity index (χ3n) is 4.41. The number of H-pyrrole nitrogens is 1. The van der Waals surface area contributed by atoms with Crippen molar-refractivity contribution in [3.63, 3.8) is 0 Å². The molecule has 0 spiro atoms. The van der Waals surface area contributed by atoms with Gasteiger partial charge in [0.1, 0.15) is 12.3 Å². The molecule has 0 amide bonds. The van der Waals surface area contributed by atoms with Gasteiger partial charge in [0.2, 0.25) is 0 Å². The van der Waals surface area contributed by atoms with Crippen LogP contribution in [-0.4, -0.2) is 52.9 Å². The number of likely N-dealkylation sites (tertiary alicyclic amines) is 1. The van der Waals surface area contributed by atoms with E-state index in [0.717, 1.165) is 36.4 Å². The van der Waals surface area contributed by atoms with E-state index in [0.29, 0.717) is 19.7 Å². The minimum atomic E-state index is -0.707. The standard InChI is InChI=1S/C19H23N3O3.ClH/c23-19(24)16-8-5-11-22(14-16)12-13-25-21-18(17-9-4-10-20-17)15-6-2-1-3-7-15;/h1-4,6-7,9-10,16,20H,5,8,11-14H2,(H,23,24);1H. The van der Waals surface area contributed by atoms with Crippen LogP contribution in [0.25, 0.3) is 0 Å². The molecule has 1 aromatic heterocycles. The molecule has 1 unspecified atom stereocenters. The maximum absolute atomic E-state index is 11.1. The monoisotopic (exact) mass is 377 g/mol. The molecule has 1 aliphatic heterocycles. The van der Waals surface area contributed by atoms with E-state index >= 15 is 0 Å². The van der Waals surface area contributed by atoms with Gasteiger partial charge in [-0.25, -0.2) is 0 Å². The van der Waals surface area contributed by atoms with Gasteiger partial charge in [-0.3, -0.25) is 9.69 Å². The minimum absolute atomic E-state index is 0. The molecule has 3 rings (SSSR count). The maximum atomic E-state index is 11.1. The Bertz CT molecular complexity index is 704. The highest BCUT2D eigenvalue weighted by Gasteiger charge is 2.24. The normalized spacial score (nSPS) is 18.2. The zero-order chi connectivity index (χ0) is 17.5. The van der Waals surface area contributed by atoms with Gasteiger partial charge in [0.05, 0.1) is 11.6 Å². The van der Waals surface area contributed by atoms with Crippen LogP contribution < -0.4 is 0 Å². The smallest absolute Gasteiger partial charge is 0.307 e. The first-order chi connectivity index (χ1) is 12.2. The van der Waals surface area contributed by atoms with Gasteiger partial charge in [-0.05, 0) is 31.5 Å². The summed E-state index contributed by atoms with van der Waals surface area (Å²) in [6.07, 6.45) is 3.53. The number of halogens is 1. The Hall–Kier alpha value is -2.31. The molecule has 1 atom stereocenters. The molecule has 1 aromatic carbocycles. The summed E-state index contributed by atoms with van der Waals surface area (Å²) in [5.41, 5.74) is 2.64. The summed E-state index contributed by atoms with van der Waals surface area (Å²) in [7, 11) is 0. The van der Waals surface area contributed by atoms with E-state index in [1.54, 1.807) is 0 Å². The number of aromatic nitrogens is 1. The first-order valence-electron chi connectivity index (χ1n) is 8.58. The predicted octanol–water partition coefficient (Wildman–Crippen LogP) is 3.00. The lowest BCUT2D eigenvalue weighted by Gasteiger charge is -2.29. The number of oxime groups is 1. The van der Waals surface area contributed by atoms with Crippen molar-refractivity contribution >= 4 is 24.1 Å². The van der Waals surface area contributed by atoms with Crippen molar-refractivity contribution in [2.45, 2.75) is 12.8 Å². The molecule has 0 aliphatic carbocycles. The van der Waals surface area contributed by atoms with Crippen LogP contribution in [0.2, 0.25) is 0 Å². The van der Waals surface area contributed by atoms with Crippen LogP contribution in [0.15, 0.2) is 53.8 Å². The van der Waals surface area contributed by atoms with Gasteiger partial charge in [-0.15, -0.1) is 12.4 Å². The maximum Gasteiger partial charge on any atom is 0.307 e. The highest BCUT2D eigenvalue weighted by Crippen LogP contribution is 2.16. The molecule has 2 heterocycles. The molecule has 7 heteroatoms. The molecule has 6 nitrogen and oxygen atoms in total. The van der Waals surface area contributed by atoms with Crippen molar-refractivity contribution in [3.8, 4) is 0 Å². The summed E-state index contributed by atoms with van der Waals surface area (Å²) in [6, 6.07) is 13.8. The number of piperidine rings is 1. The number of carboxylic acids is 1. The Balaban J connectivity index is 0.00000243. The number of hydrogen-bond donors (Lipinski definition) is 2. The van der Waals surface area contributed by atoms with Crippen LogP contribution in [0.1, 0.15) is 24.1 Å². The van der Waals surface area contributed by atoms with Crippen LogP contribution in [-0.2, 0) is 9.63 Å². The lowest BCUT2D eigenvalue weighted by atomic mass is 9.98. The summed E-state index contributed by atoms with van der Waals surface area (Å²) in [6.45, 7) is 2.62. The zero-order valence-electron chi connectivity index (χ0n) is 14.5. The molecule has 0 saturated carbocycles. The molecule has 26 heavy (non-hydrogen) atoms. The third kappa shape index (κ3) is 5.34. The summed E-state index contributed by atoms with van der Waals surface area (Å²) in [5, 5.41) is 13.5. The largest absolute Gasteiger partial charge is 0.481 e. The number of carbonyl (C=O) groups is 1. The topological polar surface area (TPSA) is 77.9 Å². The van der Waals surface area contributed by atoms with Crippen molar-refractivity contribution < 1.29 is 14.7 Å². The quantitative estimate of drug-likeness (QED) is 0.441. The van der Waals surface area contributed by atoms with E-state index in [4.69, 9.17) is 9.94 Å². The van der Waals surface area contributed by atoms with Gasteiger partial charge < -0.3 is 14.9 Å². The Morgan fingerprint density at radius 1 is 1.27 bits per heavy atom. The van der Waals surface area contributed by atoms with E-state index in [1.165, 1.54) is 0 Å². The second kappa shape index (κ2) is 9.99. The molecule has 140 valence electrons. The molecule has 1 saturated heterocycles. The second-order valence-electron chi connectivity index (χ2n) is 6.20. The minimum Gasteiger partial charge on any atom is -0.481 e. The number of aliphatic carboxylic acids is 1. The molecule has 2 N–H and O–H groups in total. The van der Waals surface area contributed by atoms with Crippen LogP contribution >= 0.6 is 12.4 Å². The van der Waals surface area contributed by atoms with Gasteiger partial charge in [0, 0.05) is 24.8 Å². The van der Waals surface area contributed by atoms with E-state index in [9.17, 15) is 4.79 Å². The number of nitrogens with zero attached hydrogens (tertiary/aromatic N) is 2. The first kappa shape index (κ1) is 20.0. The molecular weight excluding hydrogens is 354 g/mol. The average Bonchev–Trinajstić information content (AvgIpc) is 3.17. The van der Waals surface area contributed by atoms with Crippen LogP contribution in [0.5, 0.6) is 0 Å². The number of carboxylic acid groups (broad SMARTS) is 1. The van der Waals surface area contributed by atoms with Crippen molar-refractivity contribution in [1.82, 2.24) is 9.88 Å². The van der Waals surface area contributed by atoms with Crippen molar-refractivity contribution in [2.75, 3.05) is 26.2 Å². The van der Waals surface area contributed by atoms with Crippen LogP contribution in [0.3, 0.4) is 0 Å². The first-order valence-corrected chi connectivity index (χ1v) is 8.58. The molecule has 1 aliphatic rings. The number of rotatable bonds is 7. The predicted molar refractivity (Wildman–Crippen MR) is 103 cm³/mol. The Morgan fingerprint density at radius 2 is 2.08 bits per heavy atom. The van der Waals surface area contributed by atoms with Gasteiger partial charge in [0.25, 0.3) is 0 Å². The van der Waals surface area contributed by atoms with Gasteiger partial charge in [0.15, 0.2) is 0 Å². The summed E-state index contributed by atoms with van der Waals surface area (Å²) in [5.74, 6) is -0.974. The fourth-order valence-corrected chi connectivity index (χ4v) is 3.07. The third-order valence-corrected chi connectivity index (χ3v) is 4.41. The highest BCUT2D eigenvalue weighted by atomic mass is 35.5. The van der Waals surface area contributed by atoms with Gasteiger partial charge in [-0.1, -0.05) is 35.5 Å².